The molecule has 0 aromatic heterocycles. The van der Waals surface area contributed by atoms with Crippen molar-refractivity contribution < 1.29 is 9.53 Å². The summed E-state index contributed by atoms with van der Waals surface area (Å²) in [7, 11) is 3.50. The predicted molar refractivity (Wildman–Crippen MR) is 111 cm³/mol. The molecule has 7 heteroatoms. The Morgan fingerprint density at radius 1 is 1.11 bits per heavy atom. The number of piperazine rings is 1. The summed E-state index contributed by atoms with van der Waals surface area (Å²) in [6.45, 7) is 10.5. The number of hydrogen-bond acceptors (Lipinski definition) is 4. The van der Waals surface area contributed by atoms with Gasteiger partial charge in [-0.3, -0.25) is 9.79 Å². The number of methoxy groups -OCH3 is 1. The molecule has 150 valence electrons. The van der Waals surface area contributed by atoms with Crippen LogP contribution in [-0.2, 0) is 4.79 Å². The van der Waals surface area contributed by atoms with Gasteiger partial charge >= 0.3 is 0 Å². The van der Waals surface area contributed by atoms with Crippen LogP contribution in [0.25, 0.3) is 0 Å². The highest BCUT2D eigenvalue weighted by Gasteiger charge is 2.22. The van der Waals surface area contributed by atoms with E-state index in [2.05, 4.69) is 31.5 Å². The number of carbonyl (C=O) groups excluding carboxylic acids is 1. The molecule has 0 aliphatic carbocycles. The van der Waals surface area contributed by atoms with Crippen molar-refractivity contribution in [1.29, 1.82) is 0 Å². The maximum Gasteiger partial charge on any atom is 0.225 e. The molecule has 1 fully saturated rings. The number of nitrogens with one attached hydrogen (secondary N) is 2. The Kier molecular flexibility index (Phi) is 7.33. The second-order valence-corrected chi connectivity index (χ2v) is 7.63. The number of rotatable bonds is 5. The first-order chi connectivity index (χ1) is 12.9. The zero-order chi connectivity index (χ0) is 19.9. The fourth-order valence-corrected chi connectivity index (χ4v) is 3.00. The lowest BCUT2D eigenvalue weighted by Gasteiger charge is -2.38. The third-order valence-electron chi connectivity index (χ3n) is 4.59. The van der Waals surface area contributed by atoms with Gasteiger partial charge < -0.3 is 25.2 Å². The van der Waals surface area contributed by atoms with Gasteiger partial charge in [0.15, 0.2) is 5.96 Å². The maximum atomic E-state index is 11.9. The van der Waals surface area contributed by atoms with E-state index in [1.807, 2.05) is 39.0 Å². The monoisotopic (exact) mass is 375 g/mol. The second-order valence-electron chi connectivity index (χ2n) is 7.63. The Labute approximate surface area is 162 Å². The molecule has 1 amide bonds. The van der Waals surface area contributed by atoms with E-state index < -0.39 is 0 Å². The van der Waals surface area contributed by atoms with Gasteiger partial charge in [-0.2, -0.15) is 0 Å². The van der Waals surface area contributed by atoms with Gasteiger partial charge in [0.2, 0.25) is 5.91 Å². The minimum Gasteiger partial charge on any atom is -0.495 e. The van der Waals surface area contributed by atoms with Gasteiger partial charge in [-0.25, -0.2) is 0 Å². The number of aliphatic imine (C=N–C) groups is 1. The Balaban J connectivity index is 1.81. The number of para-hydroxylation sites is 2. The first-order valence-electron chi connectivity index (χ1n) is 9.48. The standard InChI is InChI=1S/C20H33N5O2/c1-20(2,3)18(26)22-10-11-23-19(21-4)25-14-12-24(13-15-25)16-8-6-7-9-17(16)27-5/h6-9H,10-15H2,1-5H3,(H,21,23)(H,22,26). The van der Waals surface area contributed by atoms with E-state index >= 15 is 0 Å². The van der Waals surface area contributed by atoms with Gasteiger partial charge in [-0.05, 0) is 12.1 Å². The number of anilines is 1. The van der Waals surface area contributed by atoms with Crippen molar-refractivity contribution in [3.05, 3.63) is 24.3 Å². The van der Waals surface area contributed by atoms with E-state index in [9.17, 15) is 4.79 Å². The van der Waals surface area contributed by atoms with E-state index in [1.54, 1.807) is 14.2 Å². The van der Waals surface area contributed by atoms with E-state index in [0.29, 0.717) is 13.1 Å². The van der Waals surface area contributed by atoms with Crippen molar-refractivity contribution in [3.63, 3.8) is 0 Å². The Hall–Kier alpha value is -2.44. The SMILES string of the molecule is CN=C(NCCNC(=O)C(C)(C)C)N1CCN(c2ccccc2OC)CC1. The number of amides is 1. The van der Waals surface area contributed by atoms with Gasteiger partial charge in [0.05, 0.1) is 12.8 Å². The van der Waals surface area contributed by atoms with Crippen molar-refractivity contribution in [3.8, 4) is 5.75 Å². The summed E-state index contributed by atoms with van der Waals surface area (Å²) >= 11 is 0. The Morgan fingerprint density at radius 3 is 2.33 bits per heavy atom. The highest BCUT2D eigenvalue weighted by atomic mass is 16.5. The van der Waals surface area contributed by atoms with E-state index in [1.165, 1.54) is 0 Å². The fourth-order valence-electron chi connectivity index (χ4n) is 3.00. The summed E-state index contributed by atoms with van der Waals surface area (Å²) in [5, 5.41) is 6.29. The normalized spacial score (nSPS) is 15.5. The number of guanidine groups is 1. The summed E-state index contributed by atoms with van der Waals surface area (Å²) in [4.78, 5) is 20.9. The molecule has 1 aliphatic heterocycles. The van der Waals surface area contributed by atoms with E-state index in [4.69, 9.17) is 4.74 Å². The summed E-state index contributed by atoms with van der Waals surface area (Å²) in [6.07, 6.45) is 0. The van der Waals surface area contributed by atoms with Crippen molar-refractivity contribution in [2.24, 2.45) is 10.4 Å². The molecule has 1 saturated heterocycles. The molecule has 1 aliphatic rings. The van der Waals surface area contributed by atoms with Crippen molar-refractivity contribution >= 4 is 17.6 Å². The summed E-state index contributed by atoms with van der Waals surface area (Å²) in [5.74, 6) is 1.84. The van der Waals surface area contributed by atoms with Gasteiger partial charge in [0, 0.05) is 51.7 Å². The van der Waals surface area contributed by atoms with Crippen molar-refractivity contribution in [2.45, 2.75) is 20.8 Å². The van der Waals surface area contributed by atoms with Crippen LogP contribution >= 0.6 is 0 Å². The quantitative estimate of drug-likeness (QED) is 0.464. The van der Waals surface area contributed by atoms with Crippen molar-refractivity contribution in [2.75, 3.05) is 58.3 Å². The van der Waals surface area contributed by atoms with E-state index in [0.717, 1.165) is 43.6 Å². The van der Waals surface area contributed by atoms with Crippen molar-refractivity contribution in [1.82, 2.24) is 15.5 Å². The number of hydrogen-bond donors (Lipinski definition) is 2. The fraction of sp³-hybridized carbons (Fsp3) is 0.600. The maximum absolute atomic E-state index is 11.9. The molecule has 0 bridgehead atoms. The van der Waals surface area contributed by atoms with Crippen LogP contribution in [0.2, 0.25) is 0 Å². The first-order valence-corrected chi connectivity index (χ1v) is 9.48. The molecule has 0 spiro atoms. The van der Waals surface area contributed by atoms with Crippen LogP contribution in [0.1, 0.15) is 20.8 Å². The third kappa shape index (κ3) is 5.77. The van der Waals surface area contributed by atoms with Crippen LogP contribution in [0.5, 0.6) is 5.75 Å². The molecule has 27 heavy (non-hydrogen) atoms. The lowest BCUT2D eigenvalue weighted by Crippen LogP contribution is -2.53. The summed E-state index contributed by atoms with van der Waals surface area (Å²) < 4.78 is 5.48. The summed E-state index contributed by atoms with van der Waals surface area (Å²) in [6, 6.07) is 8.12. The third-order valence-corrected chi connectivity index (χ3v) is 4.59. The number of nitrogens with zero attached hydrogens (tertiary/aromatic N) is 3. The molecule has 1 heterocycles. The van der Waals surface area contributed by atoms with Crippen LogP contribution in [0, 0.1) is 5.41 Å². The summed E-state index contributed by atoms with van der Waals surface area (Å²) in [5.41, 5.74) is 0.767. The molecule has 0 atom stereocenters. The molecule has 1 aromatic rings. The molecule has 2 N–H and O–H groups in total. The Bertz CT molecular complexity index is 646. The molecule has 0 radical (unpaired) electrons. The molecular formula is C20H33N5O2. The minimum absolute atomic E-state index is 0.0599. The highest BCUT2D eigenvalue weighted by Crippen LogP contribution is 2.28. The predicted octanol–water partition coefficient (Wildman–Crippen LogP) is 1.55. The topological polar surface area (TPSA) is 69.2 Å². The molecule has 1 aromatic carbocycles. The van der Waals surface area contributed by atoms with Gasteiger partial charge in [-0.15, -0.1) is 0 Å². The highest BCUT2D eigenvalue weighted by molar-refractivity contribution is 5.82. The average Bonchev–Trinajstić information content (AvgIpc) is 2.67. The molecule has 7 nitrogen and oxygen atoms in total. The van der Waals surface area contributed by atoms with Gasteiger partial charge in [0.25, 0.3) is 0 Å². The molecule has 0 saturated carbocycles. The number of ether oxygens (including phenoxy) is 1. The lowest BCUT2D eigenvalue weighted by atomic mass is 9.96. The average molecular weight is 376 g/mol. The van der Waals surface area contributed by atoms with Crippen LogP contribution in [0.15, 0.2) is 29.3 Å². The van der Waals surface area contributed by atoms with Gasteiger partial charge in [-0.1, -0.05) is 32.9 Å². The lowest BCUT2D eigenvalue weighted by molar-refractivity contribution is -0.128. The molecule has 0 unspecified atom stereocenters. The molecular weight excluding hydrogens is 342 g/mol. The van der Waals surface area contributed by atoms with Gasteiger partial charge in [0.1, 0.15) is 5.75 Å². The number of benzene rings is 1. The smallest absolute Gasteiger partial charge is 0.225 e. The minimum atomic E-state index is -0.365. The van der Waals surface area contributed by atoms with Crippen LogP contribution in [-0.4, -0.2) is 70.2 Å². The van der Waals surface area contributed by atoms with E-state index in [-0.39, 0.29) is 11.3 Å². The van der Waals surface area contributed by atoms with Crippen LogP contribution in [0.3, 0.4) is 0 Å². The molecule has 2 rings (SSSR count). The second kappa shape index (κ2) is 9.48. The number of carbonyl (C=O) groups is 1. The zero-order valence-corrected chi connectivity index (χ0v) is 17.2. The van der Waals surface area contributed by atoms with Crippen LogP contribution < -0.4 is 20.3 Å². The zero-order valence-electron chi connectivity index (χ0n) is 17.2. The largest absolute Gasteiger partial charge is 0.495 e. The first kappa shape index (κ1) is 20.9. The van der Waals surface area contributed by atoms with Crippen LogP contribution in [0.4, 0.5) is 5.69 Å². The Morgan fingerprint density at radius 2 is 1.74 bits per heavy atom.